The van der Waals surface area contributed by atoms with Crippen molar-refractivity contribution in [1.82, 2.24) is 15.0 Å². The van der Waals surface area contributed by atoms with Crippen LogP contribution in [-0.4, -0.2) is 15.0 Å². The van der Waals surface area contributed by atoms with Crippen LogP contribution in [0.25, 0.3) is 111 Å². The summed E-state index contributed by atoms with van der Waals surface area (Å²) in [7, 11) is 0. The van der Waals surface area contributed by atoms with Gasteiger partial charge in [-0.3, -0.25) is 0 Å². The third kappa shape index (κ3) is 5.34. The number of fused-ring (bicyclic) bond motifs is 7. The van der Waals surface area contributed by atoms with E-state index in [0.717, 1.165) is 77.0 Å². The van der Waals surface area contributed by atoms with Crippen LogP contribution in [0.5, 0.6) is 0 Å². The molecule has 0 radical (unpaired) electrons. The van der Waals surface area contributed by atoms with Gasteiger partial charge in [-0.2, -0.15) is 0 Å². The standard InChI is InChI=1S/C51H31N3O/c1-2-12-32(13-3-1)39-30-45(48-43-20-10-11-21-46(43)55-47(48)31-39)51-53-49(35-25-22-34(23-26-35)37-27-24-33-14-4-5-15-36(33)28-37)52-50(54-51)44-29-38-16-6-7-17-40(38)41-18-8-9-19-42(41)44/h1-31H. The number of para-hydroxylation sites is 1. The molecule has 0 atom stereocenters. The molecule has 0 saturated heterocycles. The fourth-order valence-electron chi connectivity index (χ4n) is 7.99. The number of hydrogen-bond acceptors (Lipinski definition) is 4. The number of furan rings is 1. The molecule has 0 aliphatic heterocycles. The van der Waals surface area contributed by atoms with E-state index in [1.54, 1.807) is 0 Å². The van der Waals surface area contributed by atoms with Gasteiger partial charge in [0.15, 0.2) is 17.5 Å². The van der Waals surface area contributed by atoms with Crippen molar-refractivity contribution in [2.24, 2.45) is 0 Å². The summed E-state index contributed by atoms with van der Waals surface area (Å²) >= 11 is 0. The monoisotopic (exact) mass is 701 g/mol. The lowest BCUT2D eigenvalue weighted by atomic mass is 9.96. The molecule has 0 bridgehead atoms. The van der Waals surface area contributed by atoms with E-state index in [-0.39, 0.29) is 0 Å². The topological polar surface area (TPSA) is 51.8 Å². The molecule has 0 aliphatic rings. The Morgan fingerprint density at radius 3 is 1.69 bits per heavy atom. The van der Waals surface area contributed by atoms with Gasteiger partial charge in [-0.25, -0.2) is 15.0 Å². The normalized spacial score (nSPS) is 11.6. The van der Waals surface area contributed by atoms with Crippen molar-refractivity contribution in [1.29, 1.82) is 0 Å². The number of rotatable bonds is 5. The Kier molecular flexibility index (Phi) is 7.14. The van der Waals surface area contributed by atoms with Gasteiger partial charge < -0.3 is 4.42 Å². The van der Waals surface area contributed by atoms with Crippen LogP contribution < -0.4 is 0 Å². The fraction of sp³-hybridized carbons (Fsp3) is 0. The molecule has 2 aromatic heterocycles. The van der Waals surface area contributed by atoms with Gasteiger partial charge in [-0.15, -0.1) is 0 Å². The van der Waals surface area contributed by atoms with Crippen molar-refractivity contribution in [2.75, 3.05) is 0 Å². The van der Waals surface area contributed by atoms with Gasteiger partial charge in [0.25, 0.3) is 0 Å². The van der Waals surface area contributed by atoms with Gasteiger partial charge in [0.1, 0.15) is 11.2 Å². The second-order valence-corrected chi connectivity index (χ2v) is 14.0. The van der Waals surface area contributed by atoms with Gasteiger partial charge >= 0.3 is 0 Å². The molecule has 0 spiro atoms. The summed E-state index contributed by atoms with van der Waals surface area (Å²) < 4.78 is 6.52. The highest BCUT2D eigenvalue weighted by molar-refractivity contribution is 6.14. The summed E-state index contributed by atoms with van der Waals surface area (Å²) in [6.45, 7) is 0. The van der Waals surface area contributed by atoms with E-state index in [9.17, 15) is 0 Å². The van der Waals surface area contributed by atoms with Crippen molar-refractivity contribution >= 4 is 54.3 Å². The Morgan fingerprint density at radius 2 is 0.873 bits per heavy atom. The quantitative estimate of drug-likeness (QED) is 0.168. The molecular weight excluding hydrogens is 671 g/mol. The molecule has 256 valence electrons. The average Bonchev–Trinajstić information content (AvgIpc) is 3.64. The molecule has 0 aliphatic carbocycles. The number of aromatic nitrogens is 3. The zero-order chi connectivity index (χ0) is 36.3. The van der Waals surface area contributed by atoms with E-state index < -0.39 is 0 Å². The Balaban J connectivity index is 1.16. The highest BCUT2D eigenvalue weighted by atomic mass is 16.3. The number of hydrogen-bond donors (Lipinski definition) is 0. The molecule has 55 heavy (non-hydrogen) atoms. The number of benzene rings is 9. The van der Waals surface area contributed by atoms with Gasteiger partial charge in [0, 0.05) is 27.5 Å². The lowest BCUT2D eigenvalue weighted by Gasteiger charge is -2.14. The third-order valence-electron chi connectivity index (χ3n) is 10.7. The fourth-order valence-corrected chi connectivity index (χ4v) is 7.99. The van der Waals surface area contributed by atoms with Crippen LogP contribution in [0.4, 0.5) is 0 Å². The van der Waals surface area contributed by atoms with Crippen molar-refractivity contribution < 1.29 is 4.42 Å². The van der Waals surface area contributed by atoms with Gasteiger partial charge in [0.2, 0.25) is 0 Å². The van der Waals surface area contributed by atoms with Crippen molar-refractivity contribution in [3.63, 3.8) is 0 Å². The highest BCUT2D eigenvalue weighted by Gasteiger charge is 2.21. The summed E-state index contributed by atoms with van der Waals surface area (Å²) in [6.07, 6.45) is 0. The third-order valence-corrected chi connectivity index (χ3v) is 10.7. The Hall–Kier alpha value is -7.43. The molecule has 0 saturated carbocycles. The van der Waals surface area contributed by atoms with Crippen molar-refractivity contribution in [3.05, 3.63) is 188 Å². The number of nitrogens with zero attached hydrogens (tertiary/aromatic N) is 3. The zero-order valence-electron chi connectivity index (χ0n) is 29.6. The molecule has 4 nitrogen and oxygen atoms in total. The Labute approximate surface area is 317 Å². The summed E-state index contributed by atoms with van der Waals surface area (Å²) in [6, 6.07) is 65.8. The Morgan fingerprint density at radius 1 is 0.291 bits per heavy atom. The minimum Gasteiger partial charge on any atom is -0.456 e. The van der Waals surface area contributed by atoms with Crippen LogP contribution in [0.3, 0.4) is 0 Å². The molecule has 2 heterocycles. The first-order valence-corrected chi connectivity index (χ1v) is 18.5. The van der Waals surface area contributed by atoms with Crippen LogP contribution in [0.1, 0.15) is 0 Å². The smallest absolute Gasteiger partial charge is 0.164 e. The first-order chi connectivity index (χ1) is 27.2. The first-order valence-electron chi connectivity index (χ1n) is 18.5. The van der Waals surface area contributed by atoms with Gasteiger partial charge in [-0.1, -0.05) is 158 Å². The van der Waals surface area contributed by atoms with Gasteiger partial charge in [-0.05, 0) is 84.9 Å². The molecule has 9 aromatic carbocycles. The summed E-state index contributed by atoms with van der Waals surface area (Å²) in [5.41, 5.74) is 8.78. The summed E-state index contributed by atoms with van der Waals surface area (Å²) in [5, 5.41) is 9.02. The van der Waals surface area contributed by atoms with E-state index in [4.69, 9.17) is 19.4 Å². The minimum absolute atomic E-state index is 0.588. The van der Waals surface area contributed by atoms with E-state index in [0.29, 0.717) is 17.5 Å². The van der Waals surface area contributed by atoms with Crippen LogP contribution in [0, 0.1) is 0 Å². The SMILES string of the molecule is c1ccc(-c2cc(-c3nc(-c4ccc(-c5ccc6ccccc6c5)cc4)nc(-c4cc5ccccc5c5ccccc45)n3)c3c(c2)oc2ccccc23)cc1. The maximum atomic E-state index is 6.52. The van der Waals surface area contributed by atoms with Crippen LogP contribution in [0.15, 0.2) is 192 Å². The zero-order valence-corrected chi connectivity index (χ0v) is 29.6. The second kappa shape index (κ2) is 12.6. The molecule has 11 aromatic rings. The van der Waals surface area contributed by atoms with Crippen molar-refractivity contribution in [3.8, 4) is 56.4 Å². The summed E-state index contributed by atoms with van der Waals surface area (Å²) in [5.74, 6) is 1.81. The van der Waals surface area contributed by atoms with Crippen LogP contribution in [0.2, 0.25) is 0 Å². The van der Waals surface area contributed by atoms with E-state index >= 15 is 0 Å². The predicted octanol–water partition coefficient (Wildman–Crippen LogP) is 13.6. The molecule has 4 heteroatoms. The molecule has 0 fully saturated rings. The highest BCUT2D eigenvalue weighted by Crippen LogP contribution is 2.41. The minimum atomic E-state index is 0.588. The largest absolute Gasteiger partial charge is 0.456 e. The van der Waals surface area contributed by atoms with E-state index in [1.807, 2.05) is 18.2 Å². The maximum absolute atomic E-state index is 6.52. The molecular formula is C51H31N3O. The van der Waals surface area contributed by atoms with Gasteiger partial charge in [0.05, 0.1) is 0 Å². The van der Waals surface area contributed by atoms with E-state index in [2.05, 4.69) is 170 Å². The lowest BCUT2D eigenvalue weighted by Crippen LogP contribution is -2.01. The van der Waals surface area contributed by atoms with Crippen LogP contribution >= 0.6 is 0 Å². The summed E-state index contributed by atoms with van der Waals surface area (Å²) in [4.78, 5) is 15.9. The first kappa shape index (κ1) is 31.1. The molecule has 0 N–H and O–H groups in total. The van der Waals surface area contributed by atoms with E-state index in [1.165, 1.54) is 16.2 Å². The molecule has 0 amide bonds. The van der Waals surface area contributed by atoms with Crippen molar-refractivity contribution in [2.45, 2.75) is 0 Å². The predicted molar refractivity (Wildman–Crippen MR) is 227 cm³/mol. The molecule has 11 rings (SSSR count). The second-order valence-electron chi connectivity index (χ2n) is 14.0. The average molecular weight is 702 g/mol. The Bertz CT molecular complexity index is 3260. The van der Waals surface area contributed by atoms with Crippen LogP contribution in [-0.2, 0) is 0 Å². The maximum Gasteiger partial charge on any atom is 0.164 e. The lowest BCUT2D eigenvalue weighted by molar-refractivity contribution is 0.669. The molecule has 0 unspecified atom stereocenters.